The van der Waals surface area contributed by atoms with E-state index in [0.717, 1.165) is 28.6 Å². The number of fused-ring (bicyclic) bond motifs is 4. The monoisotopic (exact) mass is 517 g/mol. The lowest BCUT2D eigenvalue weighted by molar-refractivity contribution is -0.137. The lowest BCUT2D eigenvalue weighted by Crippen LogP contribution is -2.33. The van der Waals surface area contributed by atoms with Crippen LogP contribution < -0.4 is 10.2 Å². The van der Waals surface area contributed by atoms with Crippen LogP contribution in [0.15, 0.2) is 79.0 Å². The van der Waals surface area contributed by atoms with Crippen molar-refractivity contribution in [3.63, 3.8) is 0 Å². The molecule has 0 radical (unpaired) electrons. The van der Waals surface area contributed by atoms with Crippen LogP contribution in [-0.4, -0.2) is 32.9 Å². The van der Waals surface area contributed by atoms with Gasteiger partial charge >= 0.3 is 6.18 Å². The summed E-state index contributed by atoms with van der Waals surface area (Å²) in [5, 5.41) is 3.59. The van der Waals surface area contributed by atoms with Crippen molar-refractivity contribution in [2.24, 2.45) is 0 Å². The Kier molecular flexibility index (Phi) is 5.67. The molecule has 2 aromatic heterocycles. The van der Waals surface area contributed by atoms with Crippen molar-refractivity contribution >= 4 is 45.4 Å². The number of benzene rings is 3. The number of para-hydroxylation sites is 3. The minimum absolute atomic E-state index is 0.0159. The summed E-state index contributed by atoms with van der Waals surface area (Å²) in [7, 11) is 0. The number of alkyl halides is 3. The standard InChI is InChI=1S/C28H22F3N5O2/c29-28(30,31)18-6-5-7-19(14-18)33-25(37)15-24-26(38)35(27-34-22-10-3-4-11-23(22)36(24)27)13-12-17-16-32-21-9-2-1-8-20(17)21/h1-11,14,16,24,32H,12-13,15H2,(H,33,37). The van der Waals surface area contributed by atoms with Crippen molar-refractivity contribution < 1.29 is 22.8 Å². The molecule has 1 unspecified atom stereocenters. The first-order valence-electron chi connectivity index (χ1n) is 12.1. The fourth-order valence-corrected chi connectivity index (χ4v) is 5.04. The fraction of sp³-hybridized carbons (Fsp3) is 0.179. The molecule has 192 valence electrons. The van der Waals surface area contributed by atoms with Crippen molar-refractivity contribution in [3.05, 3.63) is 90.1 Å². The second kappa shape index (κ2) is 9.05. The van der Waals surface area contributed by atoms with Gasteiger partial charge in [-0.2, -0.15) is 13.2 Å². The zero-order chi connectivity index (χ0) is 26.4. The van der Waals surface area contributed by atoms with Gasteiger partial charge < -0.3 is 10.3 Å². The summed E-state index contributed by atoms with van der Waals surface area (Å²) in [6.45, 7) is 0.357. The molecular weight excluding hydrogens is 495 g/mol. The molecule has 10 heteroatoms. The molecule has 3 heterocycles. The van der Waals surface area contributed by atoms with Crippen LogP contribution in [0.5, 0.6) is 0 Å². The molecule has 2 N–H and O–H groups in total. The van der Waals surface area contributed by atoms with Crippen LogP contribution in [0.25, 0.3) is 21.9 Å². The maximum absolute atomic E-state index is 13.6. The number of anilines is 2. The summed E-state index contributed by atoms with van der Waals surface area (Å²) in [6, 6.07) is 18.8. The van der Waals surface area contributed by atoms with Gasteiger partial charge in [0, 0.05) is 29.3 Å². The third-order valence-corrected chi connectivity index (χ3v) is 6.81. The maximum atomic E-state index is 13.6. The molecule has 38 heavy (non-hydrogen) atoms. The normalized spacial score (nSPS) is 15.4. The topological polar surface area (TPSA) is 83.0 Å². The average molecular weight is 518 g/mol. The minimum Gasteiger partial charge on any atom is -0.361 e. The number of aromatic amines is 1. The summed E-state index contributed by atoms with van der Waals surface area (Å²) in [4.78, 5) is 36.0. The van der Waals surface area contributed by atoms with E-state index in [1.54, 1.807) is 9.47 Å². The number of nitrogens with one attached hydrogen (secondary N) is 2. The molecule has 6 rings (SSSR count). The van der Waals surface area contributed by atoms with E-state index in [4.69, 9.17) is 0 Å². The number of halogens is 3. The highest BCUT2D eigenvalue weighted by molar-refractivity contribution is 6.05. The summed E-state index contributed by atoms with van der Waals surface area (Å²) in [6.07, 6.45) is -2.28. The van der Waals surface area contributed by atoms with E-state index in [9.17, 15) is 22.8 Å². The van der Waals surface area contributed by atoms with Crippen LogP contribution in [0, 0.1) is 0 Å². The lowest BCUT2D eigenvalue weighted by Gasteiger charge is -2.16. The molecule has 1 atom stereocenters. The number of hydrogen-bond donors (Lipinski definition) is 2. The molecule has 5 aromatic rings. The number of hydrogen-bond acceptors (Lipinski definition) is 3. The summed E-state index contributed by atoms with van der Waals surface area (Å²) in [5.41, 5.74) is 2.62. The number of rotatable bonds is 6. The van der Waals surface area contributed by atoms with E-state index in [2.05, 4.69) is 15.3 Å². The van der Waals surface area contributed by atoms with Crippen LogP contribution in [0.3, 0.4) is 0 Å². The number of carbonyl (C=O) groups is 2. The minimum atomic E-state index is -4.53. The molecule has 3 aromatic carbocycles. The highest BCUT2D eigenvalue weighted by Crippen LogP contribution is 2.37. The molecule has 1 aliphatic rings. The van der Waals surface area contributed by atoms with Gasteiger partial charge in [0.05, 0.1) is 23.0 Å². The van der Waals surface area contributed by atoms with E-state index in [-0.39, 0.29) is 18.0 Å². The second-order valence-electron chi connectivity index (χ2n) is 9.22. The Morgan fingerprint density at radius 3 is 2.66 bits per heavy atom. The molecular formula is C28H22F3N5O2. The number of aromatic nitrogens is 3. The predicted molar refractivity (Wildman–Crippen MR) is 138 cm³/mol. The fourth-order valence-electron chi connectivity index (χ4n) is 5.04. The molecule has 0 bridgehead atoms. The third kappa shape index (κ3) is 4.17. The quantitative estimate of drug-likeness (QED) is 0.303. The summed E-state index contributed by atoms with van der Waals surface area (Å²) < 4.78 is 41.0. The first-order valence-corrected chi connectivity index (χ1v) is 12.1. The molecule has 1 aliphatic heterocycles. The van der Waals surface area contributed by atoms with Crippen molar-refractivity contribution in [2.45, 2.75) is 25.1 Å². The van der Waals surface area contributed by atoms with E-state index in [0.29, 0.717) is 29.9 Å². The van der Waals surface area contributed by atoms with E-state index < -0.39 is 23.7 Å². The smallest absolute Gasteiger partial charge is 0.361 e. The van der Waals surface area contributed by atoms with Gasteiger partial charge in [0.2, 0.25) is 11.9 Å². The highest BCUT2D eigenvalue weighted by atomic mass is 19.4. The van der Waals surface area contributed by atoms with Crippen molar-refractivity contribution in [3.8, 4) is 0 Å². The second-order valence-corrected chi connectivity index (χ2v) is 9.22. The van der Waals surface area contributed by atoms with Crippen molar-refractivity contribution in [2.75, 3.05) is 16.8 Å². The van der Waals surface area contributed by atoms with Gasteiger partial charge in [-0.05, 0) is 48.4 Å². The van der Waals surface area contributed by atoms with Crippen LogP contribution in [0.2, 0.25) is 0 Å². The Hall–Kier alpha value is -4.60. The number of amides is 2. The molecule has 7 nitrogen and oxygen atoms in total. The van der Waals surface area contributed by atoms with E-state index >= 15 is 0 Å². The molecule has 0 fully saturated rings. The number of carbonyl (C=O) groups excluding carboxylic acids is 2. The van der Waals surface area contributed by atoms with Gasteiger partial charge in [0.25, 0.3) is 5.91 Å². The first kappa shape index (κ1) is 23.8. The molecule has 2 amide bonds. The largest absolute Gasteiger partial charge is 0.416 e. The average Bonchev–Trinajstić information content (AvgIpc) is 3.55. The number of nitrogens with zero attached hydrogens (tertiary/aromatic N) is 3. The summed E-state index contributed by atoms with van der Waals surface area (Å²) in [5.74, 6) is -0.393. The van der Waals surface area contributed by atoms with Crippen LogP contribution in [0.1, 0.15) is 23.6 Å². The number of imidazole rings is 1. The molecule has 0 spiro atoms. The van der Waals surface area contributed by atoms with Crippen LogP contribution in [-0.2, 0) is 22.2 Å². The van der Waals surface area contributed by atoms with Crippen LogP contribution in [0.4, 0.5) is 24.8 Å². The third-order valence-electron chi connectivity index (χ3n) is 6.81. The molecule has 0 aliphatic carbocycles. The van der Waals surface area contributed by atoms with Crippen molar-refractivity contribution in [1.82, 2.24) is 14.5 Å². The Morgan fingerprint density at radius 2 is 1.82 bits per heavy atom. The highest BCUT2D eigenvalue weighted by Gasteiger charge is 2.40. The van der Waals surface area contributed by atoms with Gasteiger partial charge in [-0.1, -0.05) is 36.4 Å². The van der Waals surface area contributed by atoms with Gasteiger partial charge in [-0.3, -0.25) is 19.1 Å². The van der Waals surface area contributed by atoms with Gasteiger partial charge in [0.15, 0.2) is 0 Å². The van der Waals surface area contributed by atoms with E-state index in [1.165, 1.54) is 12.1 Å². The number of H-pyrrole nitrogens is 1. The lowest BCUT2D eigenvalue weighted by atomic mass is 10.1. The van der Waals surface area contributed by atoms with Gasteiger partial charge in [-0.15, -0.1) is 0 Å². The summed E-state index contributed by atoms with van der Waals surface area (Å²) >= 11 is 0. The van der Waals surface area contributed by atoms with E-state index in [1.807, 2.05) is 54.7 Å². The Bertz CT molecular complexity index is 1690. The van der Waals surface area contributed by atoms with Crippen LogP contribution >= 0.6 is 0 Å². The van der Waals surface area contributed by atoms with Gasteiger partial charge in [0.1, 0.15) is 6.04 Å². The molecule has 0 saturated heterocycles. The zero-order valence-corrected chi connectivity index (χ0v) is 20.0. The SMILES string of the molecule is O=C(CC1C(=O)N(CCc2c[nH]c3ccccc23)c2nc3ccccc3n21)Nc1cccc(C(F)(F)F)c1. The molecule has 0 saturated carbocycles. The van der Waals surface area contributed by atoms with Crippen molar-refractivity contribution in [1.29, 1.82) is 0 Å². The Balaban J connectivity index is 1.26. The first-order chi connectivity index (χ1) is 18.3. The Morgan fingerprint density at radius 1 is 1.03 bits per heavy atom. The van der Waals surface area contributed by atoms with Gasteiger partial charge in [-0.25, -0.2) is 4.98 Å². The maximum Gasteiger partial charge on any atom is 0.416 e. The Labute approximate surface area is 214 Å². The predicted octanol–water partition coefficient (Wildman–Crippen LogP) is 5.70. The zero-order valence-electron chi connectivity index (χ0n) is 20.0.